The predicted molar refractivity (Wildman–Crippen MR) is 160 cm³/mol. The van der Waals surface area contributed by atoms with E-state index in [0.717, 1.165) is 30.4 Å². The number of carbonyl (C=O) groups is 3. The van der Waals surface area contributed by atoms with Crippen LogP contribution in [0.5, 0.6) is 0 Å². The summed E-state index contributed by atoms with van der Waals surface area (Å²) in [4.78, 5) is 41.4. The minimum Gasteiger partial charge on any atom is -0.349 e. The van der Waals surface area contributed by atoms with E-state index in [1.54, 1.807) is 14.0 Å². The molecule has 5 atom stereocenters. The molecule has 3 N–H and O–H groups in total. The molecule has 0 saturated heterocycles. The van der Waals surface area contributed by atoms with Gasteiger partial charge >= 0.3 is 0 Å². The van der Waals surface area contributed by atoms with Crippen LogP contribution < -0.4 is 16.0 Å². The van der Waals surface area contributed by atoms with E-state index in [1.165, 1.54) is 16.7 Å². The third-order valence-electron chi connectivity index (χ3n) is 8.91. The first-order valence-electron chi connectivity index (χ1n) is 14.9. The van der Waals surface area contributed by atoms with E-state index in [1.807, 2.05) is 26.8 Å². The zero-order valence-corrected chi connectivity index (χ0v) is 25.3. The molecule has 4 rings (SSSR count). The maximum atomic E-state index is 14.4. The molecule has 0 spiro atoms. The fourth-order valence-electron chi connectivity index (χ4n) is 6.24. The molecule has 2 aliphatic rings. The van der Waals surface area contributed by atoms with Crippen LogP contribution in [0.1, 0.15) is 94.2 Å². The van der Waals surface area contributed by atoms with Gasteiger partial charge in [-0.05, 0) is 85.2 Å². The average molecular weight is 546 g/mol. The van der Waals surface area contributed by atoms with Crippen molar-refractivity contribution in [2.45, 2.75) is 97.7 Å². The molecule has 0 aliphatic heterocycles. The van der Waals surface area contributed by atoms with Gasteiger partial charge in [0, 0.05) is 5.92 Å². The highest BCUT2D eigenvalue weighted by Gasteiger charge is 2.44. The Hall–Kier alpha value is -2.99. The molecule has 2 aromatic rings. The summed E-state index contributed by atoms with van der Waals surface area (Å²) in [5.74, 6) is -0.994. The lowest BCUT2D eigenvalue weighted by Gasteiger charge is -2.39. The van der Waals surface area contributed by atoms with Gasteiger partial charge in [-0.15, -0.1) is 0 Å². The number of aryl methyl sites for hydroxylation is 1. The summed E-state index contributed by atoms with van der Waals surface area (Å²) in [6, 6.07) is 13.6. The summed E-state index contributed by atoms with van der Waals surface area (Å²) in [7, 11) is 1.73. The standard InChI is InChI=1S/C34H47N3O3/c1-20(2)23-15-16-24-18-28(33(40)36-29-14-10-12-22-11-8-9-13-26(22)29)27(19-25(24)17-23)30(38)31(34(4,5)6)37-32(39)21(3)35-7/h8-9,11,13,15-17,20-21,27-29,31,35H,10,12,14,18-19H2,1-7H3,(H,36,40)(H,37,39)/t21-,27?,28+,29+,31?/m0/s1. The van der Waals surface area contributed by atoms with Crippen LogP contribution in [0.3, 0.4) is 0 Å². The number of fused-ring (bicyclic) bond motifs is 2. The number of benzene rings is 2. The Kier molecular flexibility index (Phi) is 9.19. The number of hydrogen-bond acceptors (Lipinski definition) is 4. The second-order valence-corrected chi connectivity index (χ2v) is 13.2. The molecular formula is C34H47N3O3. The van der Waals surface area contributed by atoms with Crippen LogP contribution in [0.25, 0.3) is 0 Å². The van der Waals surface area contributed by atoms with Gasteiger partial charge in [0.25, 0.3) is 0 Å². The lowest BCUT2D eigenvalue weighted by molar-refractivity contribution is -0.139. The summed E-state index contributed by atoms with van der Waals surface area (Å²) in [6.45, 7) is 12.0. The minimum absolute atomic E-state index is 0.0486. The Bertz CT molecular complexity index is 1250. The monoisotopic (exact) mass is 545 g/mol. The van der Waals surface area contributed by atoms with Crippen molar-refractivity contribution in [2.24, 2.45) is 17.3 Å². The van der Waals surface area contributed by atoms with Crippen LogP contribution in [0, 0.1) is 17.3 Å². The zero-order chi connectivity index (χ0) is 29.2. The fourth-order valence-corrected chi connectivity index (χ4v) is 6.24. The van der Waals surface area contributed by atoms with Crippen molar-refractivity contribution < 1.29 is 14.4 Å². The number of hydrogen-bond donors (Lipinski definition) is 3. The number of rotatable bonds is 8. The van der Waals surface area contributed by atoms with Crippen molar-refractivity contribution in [3.63, 3.8) is 0 Å². The molecule has 0 heterocycles. The fraction of sp³-hybridized carbons (Fsp3) is 0.559. The third kappa shape index (κ3) is 6.49. The van der Waals surface area contributed by atoms with E-state index < -0.39 is 29.3 Å². The van der Waals surface area contributed by atoms with E-state index >= 15 is 0 Å². The van der Waals surface area contributed by atoms with E-state index in [9.17, 15) is 14.4 Å². The highest BCUT2D eigenvalue weighted by atomic mass is 16.2. The van der Waals surface area contributed by atoms with Crippen LogP contribution >= 0.6 is 0 Å². The SMILES string of the molecule is CN[C@@H](C)C(=O)NC(C(=O)C1Cc2cc(C(C)C)ccc2C[C@H]1C(=O)N[C@@H]1CCCc2ccccc21)C(C)(C)C. The topological polar surface area (TPSA) is 87.3 Å². The summed E-state index contributed by atoms with van der Waals surface area (Å²) in [5, 5.41) is 9.34. The van der Waals surface area contributed by atoms with E-state index in [-0.39, 0.29) is 23.6 Å². The molecule has 0 fully saturated rings. The zero-order valence-electron chi connectivity index (χ0n) is 25.3. The predicted octanol–water partition coefficient (Wildman–Crippen LogP) is 5.04. The first-order valence-corrected chi connectivity index (χ1v) is 14.9. The number of ketones is 1. The molecule has 2 aromatic carbocycles. The molecule has 0 radical (unpaired) electrons. The van der Waals surface area contributed by atoms with Gasteiger partial charge in [0.05, 0.1) is 24.0 Å². The number of carbonyl (C=O) groups excluding carboxylic acids is 3. The Morgan fingerprint density at radius 2 is 1.60 bits per heavy atom. The molecule has 6 nitrogen and oxygen atoms in total. The third-order valence-corrected chi connectivity index (χ3v) is 8.91. The first kappa shape index (κ1) is 30.0. The normalized spacial score (nSPS) is 22.1. The summed E-state index contributed by atoms with van der Waals surface area (Å²) < 4.78 is 0. The number of nitrogens with one attached hydrogen (secondary N) is 3. The van der Waals surface area contributed by atoms with Crippen molar-refractivity contribution in [3.8, 4) is 0 Å². The maximum Gasteiger partial charge on any atom is 0.237 e. The summed E-state index contributed by atoms with van der Waals surface area (Å²) in [6.07, 6.45) is 3.96. The second kappa shape index (κ2) is 12.3. The average Bonchev–Trinajstić information content (AvgIpc) is 2.93. The van der Waals surface area contributed by atoms with Crippen molar-refractivity contribution in [2.75, 3.05) is 7.05 Å². The molecule has 2 unspecified atom stereocenters. The quantitative estimate of drug-likeness (QED) is 0.434. The van der Waals surface area contributed by atoms with Crippen LogP contribution in [0.2, 0.25) is 0 Å². The number of Topliss-reactive ketones (excluding diaryl/α,β-unsaturated/α-hetero) is 1. The molecular weight excluding hydrogens is 498 g/mol. The summed E-state index contributed by atoms with van der Waals surface area (Å²) in [5.41, 5.74) is 5.47. The molecule has 2 amide bonds. The van der Waals surface area contributed by atoms with Crippen LogP contribution in [0.4, 0.5) is 0 Å². The molecule has 216 valence electrons. The van der Waals surface area contributed by atoms with Gasteiger partial charge in [-0.3, -0.25) is 14.4 Å². The van der Waals surface area contributed by atoms with E-state index in [4.69, 9.17) is 0 Å². The Labute approximate surface area is 240 Å². The number of likely N-dealkylation sites (N-methyl/N-ethyl adjacent to an activating group) is 1. The van der Waals surface area contributed by atoms with Gasteiger partial charge in [0.15, 0.2) is 5.78 Å². The van der Waals surface area contributed by atoms with E-state index in [2.05, 4.69) is 66.2 Å². The summed E-state index contributed by atoms with van der Waals surface area (Å²) >= 11 is 0. The molecule has 0 aromatic heterocycles. The van der Waals surface area contributed by atoms with Gasteiger partial charge < -0.3 is 16.0 Å². The first-order chi connectivity index (χ1) is 18.9. The van der Waals surface area contributed by atoms with Crippen LogP contribution in [0.15, 0.2) is 42.5 Å². The van der Waals surface area contributed by atoms with Crippen LogP contribution in [-0.2, 0) is 33.6 Å². The minimum atomic E-state index is -0.707. The van der Waals surface area contributed by atoms with Gasteiger partial charge in [-0.25, -0.2) is 0 Å². The van der Waals surface area contributed by atoms with Gasteiger partial charge in [-0.1, -0.05) is 77.1 Å². The smallest absolute Gasteiger partial charge is 0.237 e. The van der Waals surface area contributed by atoms with Gasteiger partial charge in [0.2, 0.25) is 11.8 Å². The van der Waals surface area contributed by atoms with E-state index in [0.29, 0.717) is 18.8 Å². The van der Waals surface area contributed by atoms with Crippen molar-refractivity contribution in [1.29, 1.82) is 0 Å². The van der Waals surface area contributed by atoms with Crippen LogP contribution in [-0.4, -0.2) is 36.7 Å². The number of amides is 2. The Morgan fingerprint density at radius 3 is 2.27 bits per heavy atom. The maximum absolute atomic E-state index is 14.4. The Balaban J connectivity index is 1.68. The largest absolute Gasteiger partial charge is 0.349 e. The van der Waals surface area contributed by atoms with Gasteiger partial charge in [-0.2, -0.15) is 0 Å². The van der Waals surface area contributed by atoms with Crippen molar-refractivity contribution in [1.82, 2.24) is 16.0 Å². The molecule has 40 heavy (non-hydrogen) atoms. The molecule has 0 bridgehead atoms. The highest BCUT2D eigenvalue weighted by molar-refractivity contribution is 5.96. The molecule has 6 heteroatoms. The molecule has 0 saturated carbocycles. The second-order valence-electron chi connectivity index (χ2n) is 13.2. The Morgan fingerprint density at radius 1 is 0.900 bits per heavy atom. The lowest BCUT2D eigenvalue weighted by atomic mass is 9.68. The molecule has 2 aliphatic carbocycles. The van der Waals surface area contributed by atoms with Gasteiger partial charge in [0.1, 0.15) is 0 Å². The van der Waals surface area contributed by atoms with Crippen molar-refractivity contribution in [3.05, 3.63) is 70.3 Å². The lowest BCUT2D eigenvalue weighted by Crippen LogP contribution is -2.57. The highest BCUT2D eigenvalue weighted by Crippen LogP contribution is 2.37. The van der Waals surface area contributed by atoms with Crippen molar-refractivity contribution >= 4 is 17.6 Å².